The van der Waals surface area contributed by atoms with E-state index in [0.29, 0.717) is 5.56 Å². The van der Waals surface area contributed by atoms with Crippen molar-refractivity contribution >= 4 is 17.9 Å². The van der Waals surface area contributed by atoms with Gasteiger partial charge in [0.25, 0.3) is 0 Å². The van der Waals surface area contributed by atoms with Gasteiger partial charge in [0, 0.05) is 5.92 Å². The summed E-state index contributed by atoms with van der Waals surface area (Å²) in [7, 11) is 0. The van der Waals surface area contributed by atoms with E-state index in [4.69, 9.17) is 9.47 Å². The molecule has 1 fully saturated rings. The Balaban J connectivity index is 2.59. The molecule has 1 aliphatic carbocycles. The van der Waals surface area contributed by atoms with Crippen LogP contribution >= 0.6 is 0 Å². The topological polar surface area (TPSA) is 89.9 Å². The Morgan fingerprint density at radius 1 is 1.08 bits per heavy atom. The van der Waals surface area contributed by atoms with Crippen LogP contribution in [0.15, 0.2) is 30.3 Å². The first-order valence-electron chi connectivity index (χ1n) is 8.11. The van der Waals surface area contributed by atoms with Gasteiger partial charge in [-0.1, -0.05) is 30.3 Å². The second-order valence-electron chi connectivity index (χ2n) is 5.78. The molecule has 0 aromatic heterocycles. The van der Waals surface area contributed by atoms with Crippen molar-refractivity contribution in [2.75, 3.05) is 13.2 Å². The highest BCUT2D eigenvalue weighted by Crippen LogP contribution is 2.54. The zero-order chi connectivity index (χ0) is 17.7. The van der Waals surface area contributed by atoms with Gasteiger partial charge in [0.2, 0.25) is 0 Å². The summed E-state index contributed by atoms with van der Waals surface area (Å²) in [5.74, 6) is -4.10. The third kappa shape index (κ3) is 3.00. The van der Waals surface area contributed by atoms with Gasteiger partial charge in [-0.3, -0.25) is 14.4 Å². The molecule has 1 aliphatic rings. The fourth-order valence-corrected chi connectivity index (χ4v) is 3.55. The largest absolute Gasteiger partial charge is 0.481 e. The summed E-state index contributed by atoms with van der Waals surface area (Å²) in [4.78, 5) is 37.2. The van der Waals surface area contributed by atoms with E-state index < -0.39 is 35.2 Å². The Labute approximate surface area is 140 Å². The van der Waals surface area contributed by atoms with E-state index in [-0.39, 0.29) is 26.1 Å². The predicted molar refractivity (Wildman–Crippen MR) is 85.2 cm³/mol. The summed E-state index contributed by atoms with van der Waals surface area (Å²) >= 11 is 0. The number of carbonyl (C=O) groups excluding carboxylic acids is 2. The van der Waals surface area contributed by atoms with Crippen molar-refractivity contribution < 1.29 is 29.0 Å². The molecule has 2 rings (SSSR count). The van der Waals surface area contributed by atoms with E-state index in [2.05, 4.69) is 0 Å². The number of ether oxygens (including phenoxy) is 2. The van der Waals surface area contributed by atoms with E-state index in [1.165, 1.54) is 0 Å². The van der Waals surface area contributed by atoms with Crippen LogP contribution in [0.1, 0.15) is 38.2 Å². The molecule has 0 spiro atoms. The lowest BCUT2D eigenvalue weighted by atomic mass is 9.71. The number of carbonyl (C=O) groups is 3. The van der Waals surface area contributed by atoms with Crippen LogP contribution in [0.5, 0.6) is 0 Å². The molecule has 1 N–H and O–H groups in total. The van der Waals surface area contributed by atoms with Crippen LogP contribution in [-0.4, -0.2) is 36.2 Å². The SMILES string of the molecule is CCOC(=O)C1(C(=O)OCC)CC[C@H](C(=O)O)[C@H]1c1ccccc1. The molecule has 6 nitrogen and oxygen atoms in total. The minimum Gasteiger partial charge on any atom is -0.481 e. The monoisotopic (exact) mass is 334 g/mol. The maximum atomic E-state index is 12.7. The highest BCUT2D eigenvalue weighted by atomic mass is 16.6. The Hall–Kier alpha value is -2.37. The van der Waals surface area contributed by atoms with Crippen LogP contribution in [0.2, 0.25) is 0 Å². The molecule has 1 aromatic rings. The molecule has 0 radical (unpaired) electrons. The van der Waals surface area contributed by atoms with Gasteiger partial charge in [-0.05, 0) is 32.3 Å². The van der Waals surface area contributed by atoms with E-state index in [1.807, 2.05) is 0 Å². The van der Waals surface area contributed by atoms with Crippen LogP contribution < -0.4 is 0 Å². The number of hydrogen-bond donors (Lipinski definition) is 1. The number of esters is 2. The van der Waals surface area contributed by atoms with Crippen molar-refractivity contribution in [1.82, 2.24) is 0 Å². The third-order valence-electron chi connectivity index (χ3n) is 4.54. The summed E-state index contributed by atoms with van der Waals surface area (Å²) in [6, 6.07) is 8.78. The smallest absolute Gasteiger partial charge is 0.324 e. The minimum atomic E-state index is -1.61. The highest BCUT2D eigenvalue weighted by Gasteiger charge is 2.63. The van der Waals surface area contributed by atoms with Gasteiger partial charge in [-0.2, -0.15) is 0 Å². The molecule has 1 saturated carbocycles. The van der Waals surface area contributed by atoms with Gasteiger partial charge in [0.1, 0.15) is 0 Å². The Bertz CT molecular complexity index is 591. The predicted octanol–water partition coefficient (Wildman–Crippen LogP) is 2.38. The fraction of sp³-hybridized carbons (Fsp3) is 0.500. The molecule has 0 heterocycles. The van der Waals surface area contributed by atoms with Crippen LogP contribution in [0.3, 0.4) is 0 Å². The van der Waals surface area contributed by atoms with Crippen molar-refractivity contribution in [3.63, 3.8) is 0 Å². The minimum absolute atomic E-state index is 0.0984. The van der Waals surface area contributed by atoms with E-state index in [9.17, 15) is 19.5 Å². The van der Waals surface area contributed by atoms with Crippen LogP contribution in [0.25, 0.3) is 0 Å². The summed E-state index contributed by atoms with van der Waals surface area (Å²) in [5, 5.41) is 9.60. The van der Waals surface area contributed by atoms with Crippen LogP contribution in [-0.2, 0) is 23.9 Å². The Kier molecular flexibility index (Phi) is 5.59. The van der Waals surface area contributed by atoms with E-state index >= 15 is 0 Å². The summed E-state index contributed by atoms with van der Waals surface area (Å²) in [6.45, 7) is 3.52. The molecular formula is C18H22O6. The lowest BCUT2D eigenvalue weighted by Crippen LogP contribution is -2.45. The van der Waals surface area contributed by atoms with Gasteiger partial charge in [-0.15, -0.1) is 0 Å². The number of rotatable bonds is 6. The van der Waals surface area contributed by atoms with Crippen LogP contribution in [0, 0.1) is 11.3 Å². The molecule has 6 heteroatoms. The molecule has 0 unspecified atom stereocenters. The molecule has 0 amide bonds. The average molecular weight is 334 g/mol. The van der Waals surface area contributed by atoms with Gasteiger partial charge >= 0.3 is 17.9 Å². The van der Waals surface area contributed by atoms with Crippen molar-refractivity contribution in [3.05, 3.63) is 35.9 Å². The molecule has 2 atom stereocenters. The zero-order valence-electron chi connectivity index (χ0n) is 13.9. The lowest BCUT2D eigenvalue weighted by molar-refractivity contribution is -0.173. The highest BCUT2D eigenvalue weighted by molar-refractivity contribution is 6.02. The summed E-state index contributed by atoms with van der Waals surface area (Å²) in [6.07, 6.45) is 0.313. The van der Waals surface area contributed by atoms with Crippen molar-refractivity contribution in [2.45, 2.75) is 32.6 Å². The Morgan fingerprint density at radius 3 is 2.08 bits per heavy atom. The fourth-order valence-electron chi connectivity index (χ4n) is 3.55. The molecule has 130 valence electrons. The van der Waals surface area contributed by atoms with Gasteiger partial charge < -0.3 is 14.6 Å². The van der Waals surface area contributed by atoms with Gasteiger partial charge in [-0.25, -0.2) is 0 Å². The number of carboxylic acids is 1. The van der Waals surface area contributed by atoms with Crippen molar-refractivity contribution in [3.8, 4) is 0 Å². The molecule has 0 bridgehead atoms. The molecular weight excluding hydrogens is 312 g/mol. The molecule has 24 heavy (non-hydrogen) atoms. The second kappa shape index (κ2) is 7.47. The normalized spacial score (nSPS) is 21.9. The first-order valence-corrected chi connectivity index (χ1v) is 8.11. The quantitative estimate of drug-likeness (QED) is 0.634. The number of hydrogen-bond acceptors (Lipinski definition) is 5. The number of aliphatic carboxylic acids is 1. The van der Waals surface area contributed by atoms with Crippen molar-refractivity contribution in [1.29, 1.82) is 0 Å². The maximum absolute atomic E-state index is 12.7. The summed E-state index contributed by atoms with van der Waals surface area (Å²) < 4.78 is 10.3. The second-order valence-corrected chi connectivity index (χ2v) is 5.78. The molecule has 1 aromatic carbocycles. The third-order valence-corrected chi connectivity index (χ3v) is 4.54. The Morgan fingerprint density at radius 2 is 1.62 bits per heavy atom. The van der Waals surface area contributed by atoms with E-state index in [0.717, 1.165) is 0 Å². The van der Waals surface area contributed by atoms with Gasteiger partial charge in [0.05, 0.1) is 19.1 Å². The van der Waals surface area contributed by atoms with E-state index in [1.54, 1.807) is 44.2 Å². The van der Waals surface area contributed by atoms with Gasteiger partial charge in [0.15, 0.2) is 5.41 Å². The number of benzene rings is 1. The standard InChI is InChI=1S/C18H22O6/c1-3-23-16(21)18(17(22)24-4-2)11-10-13(15(19)20)14(18)12-8-6-5-7-9-12/h5-9,13-14H,3-4,10-11H2,1-2H3,(H,19,20)/t13-,14+/m0/s1. The molecule has 0 aliphatic heterocycles. The van der Waals surface area contributed by atoms with Crippen LogP contribution in [0.4, 0.5) is 0 Å². The molecule has 0 saturated heterocycles. The summed E-state index contributed by atoms with van der Waals surface area (Å²) in [5.41, 5.74) is -0.986. The van der Waals surface area contributed by atoms with Crippen molar-refractivity contribution in [2.24, 2.45) is 11.3 Å². The maximum Gasteiger partial charge on any atom is 0.324 e. The lowest BCUT2D eigenvalue weighted by Gasteiger charge is -2.32. The number of carboxylic acid groups (broad SMARTS) is 1. The zero-order valence-corrected chi connectivity index (χ0v) is 13.9. The average Bonchev–Trinajstić information content (AvgIpc) is 2.98. The first-order chi connectivity index (χ1) is 11.5. The first kappa shape index (κ1) is 18.0.